The predicted octanol–water partition coefficient (Wildman–Crippen LogP) is 0.695. The van der Waals surface area contributed by atoms with Crippen molar-refractivity contribution in [3.63, 3.8) is 0 Å². The van der Waals surface area contributed by atoms with Gasteiger partial charge in [0, 0.05) is 6.54 Å². The number of rotatable bonds is 4. The van der Waals surface area contributed by atoms with Crippen molar-refractivity contribution in [2.24, 2.45) is 0 Å². The largest absolute Gasteiger partial charge is 0.388 e. The second-order valence-corrected chi connectivity index (χ2v) is 4.48. The molecule has 1 amide bonds. The molecule has 3 atom stereocenters. The molecule has 0 aliphatic carbocycles. The van der Waals surface area contributed by atoms with Gasteiger partial charge in [-0.1, -0.05) is 36.4 Å². The van der Waals surface area contributed by atoms with Gasteiger partial charge in [-0.3, -0.25) is 4.79 Å². The van der Waals surface area contributed by atoms with E-state index in [1.54, 1.807) is 6.08 Å². The van der Waals surface area contributed by atoms with Gasteiger partial charge in [-0.05, 0) is 12.0 Å². The van der Waals surface area contributed by atoms with E-state index >= 15 is 0 Å². The van der Waals surface area contributed by atoms with Crippen molar-refractivity contribution in [2.75, 3.05) is 0 Å². The molecule has 0 unspecified atom stereocenters. The number of carbonyl (C=O) groups excluding carboxylic acids is 1. The van der Waals surface area contributed by atoms with Gasteiger partial charge in [0.25, 0.3) is 5.91 Å². The summed E-state index contributed by atoms with van der Waals surface area (Å²) in [5, 5.41) is 19.5. The van der Waals surface area contributed by atoms with Gasteiger partial charge in [0.05, 0.1) is 6.04 Å². The van der Waals surface area contributed by atoms with E-state index in [4.69, 9.17) is 0 Å². The van der Waals surface area contributed by atoms with Crippen LogP contribution in [0.5, 0.6) is 0 Å². The van der Waals surface area contributed by atoms with E-state index in [2.05, 4.69) is 6.58 Å². The van der Waals surface area contributed by atoms with Crippen LogP contribution in [0, 0.1) is 0 Å². The molecular weight excluding hydrogens is 230 g/mol. The molecule has 18 heavy (non-hydrogen) atoms. The summed E-state index contributed by atoms with van der Waals surface area (Å²) in [5.41, 5.74) is 0.973. The lowest BCUT2D eigenvalue weighted by atomic mass is 10.1. The highest BCUT2D eigenvalue weighted by molar-refractivity contribution is 5.84. The number of amides is 1. The Hall–Kier alpha value is -1.65. The van der Waals surface area contributed by atoms with E-state index in [0.29, 0.717) is 13.0 Å². The first-order valence-corrected chi connectivity index (χ1v) is 5.96. The number of likely N-dealkylation sites (tertiary alicyclic amines) is 1. The minimum absolute atomic E-state index is 0.395. The summed E-state index contributed by atoms with van der Waals surface area (Å²) in [6.07, 6.45) is -0.244. The number of carbonyl (C=O) groups is 1. The zero-order valence-electron chi connectivity index (χ0n) is 10.1. The van der Waals surface area contributed by atoms with Crippen LogP contribution in [0.2, 0.25) is 0 Å². The van der Waals surface area contributed by atoms with Crippen molar-refractivity contribution in [3.05, 3.63) is 48.6 Å². The number of nitrogens with zero attached hydrogens (tertiary/aromatic N) is 1. The molecule has 1 aliphatic rings. The standard InChI is InChI=1S/C14H17NO3/c1-2-6-11-12(16)13(17)14(18)15(11)9-10-7-4-3-5-8-10/h2-5,7-8,11-13,16-17H,1,6,9H2/t11-,12+,13-/m1/s1. The Balaban J connectivity index is 2.18. The van der Waals surface area contributed by atoms with Gasteiger partial charge < -0.3 is 15.1 Å². The summed E-state index contributed by atoms with van der Waals surface area (Å²) in [4.78, 5) is 13.4. The molecule has 1 fully saturated rings. The van der Waals surface area contributed by atoms with Gasteiger partial charge in [-0.15, -0.1) is 6.58 Å². The molecule has 4 nitrogen and oxygen atoms in total. The van der Waals surface area contributed by atoms with Gasteiger partial charge in [0.1, 0.15) is 6.10 Å². The normalized spacial score (nSPS) is 27.6. The van der Waals surface area contributed by atoms with Crippen molar-refractivity contribution in [3.8, 4) is 0 Å². The minimum Gasteiger partial charge on any atom is -0.388 e. The van der Waals surface area contributed by atoms with Crippen LogP contribution >= 0.6 is 0 Å². The van der Waals surface area contributed by atoms with E-state index in [1.807, 2.05) is 30.3 Å². The summed E-state index contributed by atoms with van der Waals surface area (Å²) in [7, 11) is 0. The topological polar surface area (TPSA) is 60.8 Å². The number of aliphatic hydroxyl groups excluding tert-OH is 2. The minimum atomic E-state index is -1.32. The molecule has 1 saturated heterocycles. The maximum Gasteiger partial charge on any atom is 0.254 e. The van der Waals surface area contributed by atoms with Crippen LogP contribution in [-0.2, 0) is 11.3 Å². The van der Waals surface area contributed by atoms with Crippen LogP contribution in [0.15, 0.2) is 43.0 Å². The Labute approximate surface area is 106 Å². The number of hydrogen-bond acceptors (Lipinski definition) is 3. The Morgan fingerprint density at radius 1 is 1.28 bits per heavy atom. The number of aliphatic hydroxyl groups is 2. The van der Waals surface area contributed by atoms with Crippen LogP contribution < -0.4 is 0 Å². The second kappa shape index (κ2) is 5.33. The maximum absolute atomic E-state index is 11.9. The van der Waals surface area contributed by atoms with E-state index < -0.39 is 24.2 Å². The third-order valence-electron chi connectivity index (χ3n) is 3.26. The van der Waals surface area contributed by atoms with Crippen LogP contribution in [-0.4, -0.2) is 39.3 Å². The molecule has 2 N–H and O–H groups in total. The first kappa shape index (κ1) is 12.8. The van der Waals surface area contributed by atoms with Gasteiger partial charge in [-0.25, -0.2) is 0 Å². The SMILES string of the molecule is C=CC[C@@H]1[C@H](O)[C@@H](O)C(=O)N1Cc1ccccc1. The summed E-state index contributed by atoms with van der Waals surface area (Å²) >= 11 is 0. The molecule has 0 saturated carbocycles. The van der Waals surface area contributed by atoms with Crippen LogP contribution in [0.4, 0.5) is 0 Å². The fourth-order valence-electron chi connectivity index (χ4n) is 2.29. The molecule has 1 aromatic carbocycles. The molecule has 0 radical (unpaired) electrons. The van der Waals surface area contributed by atoms with Crippen molar-refractivity contribution in [2.45, 2.75) is 31.2 Å². The van der Waals surface area contributed by atoms with E-state index in [-0.39, 0.29) is 0 Å². The molecule has 96 valence electrons. The Kier molecular flexibility index (Phi) is 3.79. The van der Waals surface area contributed by atoms with Crippen molar-refractivity contribution >= 4 is 5.91 Å². The molecule has 1 aromatic rings. The monoisotopic (exact) mass is 247 g/mol. The summed E-state index contributed by atoms with van der Waals surface area (Å²) in [6.45, 7) is 4.01. The second-order valence-electron chi connectivity index (χ2n) is 4.48. The van der Waals surface area contributed by atoms with E-state index in [0.717, 1.165) is 5.56 Å². The first-order chi connectivity index (χ1) is 8.65. The zero-order chi connectivity index (χ0) is 13.1. The molecule has 1 aliphatic heterocycles. The van der Waals surface area contributed by atoms with Crippen molar-refractivity contribution in [1.82, 2.24) is 4.90 Å². The average molecular weight is 247 g/mol. The Morgan fingerprint density at radius 2 is 1.94 bits per heavy atom. The van der Waals surface area contributed by atoms with Crippen LogP contribution in [0.1, 0.15) is 12.0 Å². The first-order valence-electron chi connectivity index (χ1n) is 5.96. The molecule has 0 aromatic heterocycles. The van der Waals surface area contributed by atoms with Crippen molar-refractivity contribution in [1.29, 1.82) is 0 Å². The summed E-state index contributed by atoms with van der Waals surface area (Å²) in [5.74, 6) is -0.418. The lowest BCUT2D eigenvalue weighted by molar-refractivity contribution is -0.136. The number of benzene rings is 1. The van der Waals surface area contributed by atoms with Gasteiger partial charge in [-0.2, -0.15) is 0 Å². The Morgan fingerprint density at radius 3 is 2.56 bits per heavy atom. The third-order valence-corrected chi connectivity index (χ3v) is 3.26. The van der Waals surface area contributed by atoms with Gasteiger partial charge in [0.15, 0.2) is 6.10 Å². The summed E-state index contributed by atoms with van der Waals surface area (Å²) < 4.78 is 0. The molecule has 0 bridgehead atoms. The highest BCUT2D eigenvalue weighted by atomic mass is 16.3. The highest BCUT2D eigenvalue weighted by Gasteiger charge is 2.45. The predicted molar refractivity (Wildman–Crippen MR) is 67.6 cm³/mol. The summed E-state index contributed by atoms with van der Waals surface area (Å²) in [6, 6.07) is 9.12. The lowest BCUT2D eigenvalue weighted by Gasteiger charge is -2.25. The molecular formula is C14H17NO3. The molecule has 4 heteroatoms. The van der Waals surface area contributed by atoms with Crippen LogP contribution in [0.25, 0.3) is 0 Å². The fraction of sp³-hybridized carbons (Fsp3) is 0.357. The fourth-order valence-corrected chi connectivity index (χ4v) is 2.29. The smallest absolute Gasteiger partial charge is 0.254 e. The van der Waals surface area contributed by atoms with Gasteiger partial charge >= 0.3 is 0 Å². The molecule has 0 spiro atoms. The van der Waals surface area contributed by atoms with E-state index in [1.165, 1.54) is 4.90 Å². The maximum atomic E-state index is 11.9. The van der Waals surface area contributed by atoms with Crippen molar-refractivity contribution < 1.29 is 15.0 Å². The quantitative estimate of drug-likeness (QED) is 0.770. The highest BCUT2D eigenvalue weighted by Crippen LogP contribution is 2.25. The number of hydrogen-bond donors (Lipinski definition) is 2. The van der Waals surface area contributed by atoms with Gasteiger partial charge in [0.2, 0.25) is 0 Å². The zero-order valence-corrected chi connectivity index (χ0v) is 10.1. The third kappa shape index (κ3) is 2.30. The molecule has 1 heterocycles. The Bertz CT molecular complexity index is 432. The average Bonchev–Trinajstić information content (AvgIpc) is 2.58. The van der Waals surface area contributed by atoms with E-state index in [9.17, 15) is 15.0 Å². The lowest BCUT2D eigenvalue weighted by Crippen LogP contribution is -2.36. The molecule has 2 rings (SSSR count). The van der Waals surface area contributed by atoms with Crippen LogP contribution in [0.3, 0.4) is 0 Å².